The summed E-state index contributed by atoms with van der Waals surface area (Å²) in [7, 11) is 0. The Bertz CT molecular complexity index is 843. The number of esters is 1. The van der Waals surface area contributed by atoms with Crippen LogP contribution in [0.1, 0.15) is 15.9 Å². The molecule has 0 radical (unpaired) electrons. The molecule has 0 saturated carbocycles. The van der Waals surface area contributed by atoms with Crippen LogP contribution >= 0.6 is 23.2 Å². The Morgan fingerprint density at radius 1 is 1.08 bits per heavy atom. The van der Waals surface area contributed by atoms with Crippen LogP contribution in [-0.2, 0) is 9.53 Å². The topological polar surface area (TPSA) is 52.6 Å². The summed E-state index contributed by atoms with van der Waals surface area (Å²) in [6.45, 7) is -0.271. The Labute approximate surface area is 148 Å². The van der Waals surface area contributed by atoms with Gasteiger partial charge in [-0.15, -0.1) is 0 Å². The zero-order chi connectivity index (χ0) is 17.1. The molecule has 1 heterocycles. The van der Waals surface area contributed by atoms with Crippen LogP contribution < -0.4 is 4.74 Å². The summed E-state index contributed by atoms with van der Waals surface area (Å²) in [5, 5.41) is 0.627. The summed E-state index contributed by atoms with van der Waals surface area (Å²) in [5.41, 5.74) is 1.48. The SMILES string of the molecule is O=C(OCC(=O)c1ccc(Cl)c(Cl)c1)C1=Cc2ccccc2OC1. The third kappa shape index (κ3) is 3.61. The molecule has 2 aromatic carbocycles. The van der Waals surface area contributed by atoms with E-state index in [4.69, 9.17) is 32.7 Å². The first-order chi connectivity index (χ1) is 11.5. The standard InChI is InChI=1S/C18H12Cl2O4/c19-14-6-5-11(8-15(14)20)16(21)10-24-18(22)13-7-12-3-1-2-4-17(12)23-9-13/h1-8H,9-10H2. The van der Waals surface area contributed by atoms with Gasteiger partial charge in [-0.3, -0.25) is 4.79 Å². The minimum atomic E-state index is -0.585. The van der Waals surface area contributed by atoms with Crippen molar-refractivity contribution in [2.45, 2.75) is 0 Å². The highest BCUT2D eigenvalue weighted by molar-refractivity contribution is 6.42. The van der Waals surface area contributed by atoms with E-state index in [1.54, 1.807) is 6.08 Å². The van der Waals surface area contributed by atoms with Crippen molar-refractivity contribution in [1.29, 1.82) is 0 Å². The number of ketones is 1. The van der Waals surface area contributed by atoms with Gasteiger partial charge in [0.1, 0.15) is 12.4 Å². The number of carbonyl (C=O) groups excluding carboxylic acids is 2. The van der Waals surface area contributed by atoms with Crippen molar-refractivity contribution < 1.29 is 19.1 Å². The summed E-state index contributed by atoms with van der Waals surface area (Å²) >= 11 is 11.7. The second-order valence-electron chi connectivity index (χ2n) is 5.12. The van der Waals surface area contributed by atoms with Gasteiger partial charge in [0.2, 0.25) is 0 Å². The molecule has 1 aliphatic rings. The molecule has 0 aliphatic carbocycles. The van der Waals surface area contributed by atoms with Crippen molar-refractivity contribution in [3.8, 4) is 5.75 Å². The maximum Gasteiger partial charge on any atom is 0.337 e. The minimum Gasteiger partial charge on any atom is -0.488 e. The highest BCUT2D eigenvalue weighted by Gasteiger charge is 2.19. The number of rotatable bonds is 4. The molecule has 0 amide bonds. The average Bonchev–Trinajstić information content (AvgIpc) is 2.61. The summed E-state index contributed by atoms with van der Waals surface area (Å²) < 4.78 is 10.6. The molecule has 0 bridgehead atoms. The van der Waals surface area contributed by atoms with Crippen molar-refractivity contribution in [3.05, 3.63) is 69.2 Å². The van der Waals surface area contributed by atoms with E-state index in [0.29, 0.717) is 21.9 Å². The first-order valence-electron chi connectivity index (χ1n) is 7.12. The molecular weight excluding hydrogens is 351 g/mol. The van der Waals surface area contributed by atoms with Crippen LogP contribution in [0.2, 0.25) is 10.0 Å². The first-order valence-corrected chi connectivity index (χ1v) is 7.88. The zero-order valence-corrected chi connectivity index (χ0v) is 13.9. The number of fused-ring (bicyclic) bond motifs is 1. The fourth-order valence-corrected chi connectivity index (χ4v) is 2.51. The van der Waals surface area contributed by atoms with E-state index in [-0.39, 0.29) is 24.0 Å². The maximum absolute atomic E-state index is 12.1. The van der Waals surface area contributed by atoms with Gasteiger partial charge < -0.3 is 9.47 Å². The predicted octanol–water partition coefficient (Wildman–Crippen LogP) is 4.20. The van der Waals surface area contributed by atoms with Crippen LogP contribution in [0.5, 0.6) is 5.75 Å². The number of benzene rings is 2. The normalized spacial score (nSPS) is 12.7. The number of hydrogen-bond donors (Lipinski definition) is 0. The Balaban J connectivity index is 1.64. The van der Waals surface area contributed by atoms with Crippen molar-refractivity contribution >= 4 is 41.0 Å². The van der Waals surface area contributed by atoms with Crippen molar-refractivity contribution in [1.82, 2.24) is 0 Å². The Morgan fingerprint density at radius 2 is 1.88 bits per heavy atom. The fourth-order valence-electron chi connectivity index (χ4n) is 2.21. The van der Waals surface area contributed by atoms with Gasteiger partial charge in [-0.1, -0.05) is 41.4 Å². The lowest BCUT2D eigenvalue weighted by Gasteiger charge is -2.16. The lowest BCUT2D eigenvalue weighted by atomic mass is 10.1. The van der Waals surface area contributed by atoms with Crippen LogP contribution in [0.3, 0.4) is 0 Å². The molecule has 0 N–H and O–H groups in total. The molecule has 1 aliphatic heterocycles. The Morgan fingerprint density at radius 3 is 2.67 bits per heavy atom. The lowest BCUT2D eigenvalue weighted by molar-refractivity contribution is -0.138. The lowest BCUT2D eigenvalue weighted by Crippen LogP contribution is -2.20. The second kappa shape index (κ2) is 7.07. The van der Waals surface area contributed by atoms with Gasteiger partial charge in [0.25, 0.3) is 0 Å². The number of hydrogen-bond acceptors (Lipinski definition) is 4. The van der Waals surface area contributed by atoms with Gasteiger partial charge in [0.05, 0.1) is 15.6 Å². The van der Waals surface area contributed by atoms with Crippen molar-refractivity contribution in [3.63, 3.8) is 0 Å². The van der Waals surface area contributed by atoms with Crippen LogP contribution in [0.4, 0.5) is 0 Å². The predicted molar refractivity (Wildman–Crippen MR) is 91.7 cm³/mol. The van der Waals surface area contributed by atoms with E-state index in [9.17, 15) is 9.59 Å². The average molecular weight is 363 g/mol. The monoisotopic (exact) mass is 362 g/mol. The number of para-hydroxylation sites is 1. The fraction of sp³-hybridized carbons (Fsp3) is 0.111. The maximum atomic E-state index is 12.1. The quantitative estimate of drug-likeness (QED) is 0.604. The largest absolute Gasteiger partial charge is 0.488 e. The highest BCUT2D eigenvalue weighted by Crippen LogP contribution is 2.26. The van der Waals surface area contributed by atoms with Gasteiger partial charge >= 0.3 is 5.97 Å². The molecule has 0 atom stereocenters. The van der Waals surface area contributed by atoms with E-state index in [1.807, 2.05) is 24.3 Å². The second-order valence-corrected chi connectivity index (χ2v) is 5.94. The molecule has 122 valence electrons. The highest BCUT2D eigenvalue weighted by atomic mass is 35.5. The molecule has 2 aromatic rings. The third-order valence-corrected chi connectivity index (χ3v) is 4.21. The van der Waals surface area contributed by atoms with Crippen LogP contribution in [0, 0.1) is 0 Å². The number of Topliss-reactive ketones (excluding diaryl/α,β-unsaturated/α-hetero) is 1. The summed E-state index contributed by atoms with van der Waals surface area (Å²) in [4.78, 5) is 24.2. The van der Waals surface area contributed by atoms with Crippen LogP contribution in [-0.4, -0.2) is 25.0 Å². The number of halogens is 2. The van der Waals surface area contributed by atoms with Crippen LogP contribution in [0.15, 0.2) is 48.0 Å². The van der Waals surface area contributed by atoms with Crippen LogP contribution in [0.25, 0.3) is 6.08 Å². The molecule has 0 saturated heterocycles. The Kier molecular flexibility index (Phi) is 4.88. The van der Waals surface area contributed by atoms with E-state index >= 15 is 0 Å². The number of ether oxygens (including phenoxy) is 2. The van der Waals surface area contributed by atoms with Crippen molar-refractivity contribution in [2.75, 3.05) is 13.2 Å². The first kappa shape index (κ1) is 16.6. The van der Waals surface area contributed by atoms with Gasteiger partial charge in [0.15, 0.2) is 12.4 Å². The molecule has 0 fully saturated rings. The molecule has 3 rings (SSSR count). The third-order valence-electron chi connectivity index (χ3n) is 3.47. The molecule has 6 heteroatoms. The van der Waals surface area contributed by atoms with Gasteiger partial charge in [-0.2, -0.15) is 0 Å². The summed E-state index contributed by atoms with van der Waals surface area (Å²) in [6, 6.07) is 11.9. The van der Waals surface area contributed by atoms with Gasteiger partial charge in [-0.25, -0.2) is 4.79 Å². The molecule has 0 unspecified atom stereocenters. The van der Waals surface area contributed by atoms with E-state index < -0.39 is 5.97 Å². The minimum absolute atomic E-state index is 0.108. The smallest absolute Gasteiger partial charge is 0.337 e. The van der Waals surface area contributed by atoms with Gasteiger partial charge in [0, 0.05) is 11.1 Å². The van der Waals surface area contributed by atoms with E-state index in [2.05, 4.69) is 0 Å². The number of carbonyl (C=O) groups is 2. The van der Waals surface area contributed by atoms with Crippen molar-refractivity contribution in [2.24, 2.45) is 0 Å². The Hall–Kier alpha value is -2.30. The molecule has 0 spiro atoms. The molecule has 4 nitrogen and oxygen atoms in total. The molecule has 0 aromatic heterocycles. The summed E-state index contributed by atoms with van der Waals surface area (Å²) in [5.74, 6) is -0.238. The molecular formula is C18H12Cl2O4. The van der Waals surface area contributed by atoms with Gasteiger partial charge in [-0.05, 0) is 30.3 Å². The zero-order valence-electron chi connectivity index (χ0n) is 12.4. The molecule has 24 heavy (non-hydrogen) atoms. The summed E-state index contributed by atoms with van der Waals surface area (Å²) in [6.07, 6.45) is 1.70. The van der Waals surface area contributed by atoms with E-state index in [0.717, 1.165) is 5.56 Å². The van der Waals surface area contributed by atoms with E-state index in [1.165, 1.54) is 18.2 Å².